The van der Waals surface area contributed by atoms with Gasteiger partial charge in [0.25, 0.3) is 5.91 Å². The van der Waals surface area contributed by atoms with Gasteiger partial charge >= 0.3 is 0 Å². The molecule has 0 saturated carbocycles. The summed E-state index contributed by atoms with van der Waals surface area (Å²) in [6.07, 6.45) is 4.51. The minimum Gasteiger partial charge on any atom is -0.305 e. The molecule has 3 heterocycles. The summed E-state index contributed by atoms with van der Waals surface area (Å²) in [4.78, 5) is 17.1. The van der Waals surface area contributed by atoms with Crippen LogP contribution in [0.25, 0.3) is 11.5 Å². The first-order valence-corrected chi connectivity index (χ1v) is 8.50. The van der Waals surface area contributed by atoms with Crippen molar-refractivity contribution in [1.82, 2.24) is 24.5 Å². The third-order valence-electron chi connectivity index (χ3n) is 4.24. The summed E-state index contributed by atoms with van der Waals surface area (Å²) in [5.41, 5.74) is 2.19. The fraction of sp³-hybridized carbons (Fsp3) is 0.0500. The zero-order valence-corrected chi connectivity index (χ0v) is 14.9. The predicted octanol–water partition coefficient (Wildman–Crippen LogP) is 2.89. The Morgan fingerprint density at radius 2 is 1.79 bits per heavy atom. The van der Waals surface area contributed by atoms with Crippen LogP contribution >= 0.6 is 0 Å². The Hall–Kier alpha value is -4.25. The molecule has 0 spiro atoms. The predicted molar refractivity (Wildman–Crippen MR) is 102 cm³/mol. The Morgan fingerprint density at radius 3 is 2.50 bits per heavy atom. The Balaban J connectivity index is 1.68. The first-order valence-electron chi connectivity index (χ1n) is 8.50. The van der Waals surface area contributed by atoms with E-state index >= 15 is 0 Å². The second-order valence-electron chi connectivity index (χ2n) is 5.96. The number of aromatic nitrogens is 5. The van der Waals surface area contributed by atoms with Crippen molar-refractivity contribution in [2.45, 2.75) is 6.92 Å². The highest BCUT2D eigenvalue weighted by Crippen LogP contribution is 2.21. The molecule has 0 aliphatic rings. The molecule has 0 radical (unpaired) electrons. The maximum Gasteiger partial charge on any atom is 0.260 e. The van der Waals surface area contributed by atoms with Crippen molar-refractivity contribution in [3.63, 3.8) is 0 Å². The van der Waals surface area contributed by atoms with Crippen LogP contribution in [-0.4, -0.2) is 30.5 Å². The Bertz CT molecular complexity index is 1170. The lowest BCUT2D eigenvalue weighted by atomic mass is 10.2. The highest BCUT2D eigenvalue weighted by atomic mass is 16.1. The molecule has 4 rings (SSSR count). The number of amides is 1. The fourth-order valence-electron chi connectivity index (χ4n) is 2.84. The largest absolute Gasteiger partial charge is 0.305 e. The SMILES string of the molecule is Cc1c(C(=O)Nc2c(C#N)cnn2-c2ccccn2)cnn1-c1ccccc1. The van der Waals surface area contributed by atoms with Gasteiger partial charge in [0.2, 0.25) is 0 Å². The van der Waals surface area contributed by atoms with Crippen molar-refractivity contribution in [2.75, 3.05) is 5.32 Å². The summed E-state index contributed by atoms with van der Waals surface area (Å²) >= 11 is 0. The van der Waals surface area contributed by atoms with Gasteiger partial charge in [0.15, 0.2) is 11.6 Å². The number of anilines is 1. The van der Waals surface area contributed by atoms with Gasteiger partial charge in [-0.05, 0) is 31.2 Å². The summed E-state index contributed by atoms with van der Waals surface area (Å²) in [6, 6.07) is 16.9. The molecule has 0 aliphatic carbocycles. The number of pyridine rings is 1. The second-order valence-corrected chi connectivity index (χ2v) is 5.96. The van der Waals surface area contributed by atoms with E-state index in [1.165, 1.54) is 17.1 Å². The van der Waals surface area contributed by atoms with Crippen LogP contribution in [-0.2, 0) is 0 Å². The number of benzene rings is 1. The molecule has 0 bridgehead atoms. The van der Waals surface area contributed by atoms with E-state index in [-0.39, 0.29) is 17.3 Å². The number of carbonyl (C=O) groups excluding carboxylic acids is 1. The minimum atomic E-state index is -0.381. The van der Waals surface area contributed by atoms with Crippen LogP contribution in [0.15, 0.2) is 67.1 Å². The van der Waals surface area contributed by atoms with Gasteiger partial charge in [-0.1, -0.05) is 24.3 Å². The number of hydrogen-bond acceptors (Lipinski definition) is 5. The first kappa shape index (κ1) is 17.2. The van der Waals surface area contributed by atoms with Crippen LogP contribution < -0.4 is 5.32 Å². The van der Waals surface area contributed by atoms with Crippen molar-refractivity contribution < 1.29 is 4.79 Å². The topological polar surface area (TPSA) is 101 Å². The van der Waals surface area contributed by atoms with Crippen LogP contribution in [0.3, 0.4) is 0 Å². The van der Waals surface area contributed by atoms with Crippen molar-refractivity contribution in [2.24, 2.45) is 0 Å². The molecule has 0 atom stereocenters. The van der Waals surface area contributed by atoms with E-state index in [1.807, 2.05) is 43.3 Å². The number of nitrogens with zero attached hydrogens (tertiary/aromatic N) is 6. The van der Waals surface area contributed by atoms with Crippen LogP contribution in [0.2, 0.25) is 0 Å². The smallest absolute Gasteiger partial charge is 0.260 e. The second kappa shape index (κ2) is 7.17. The lowest BCUT2D eigenvalue weighted by Crippen LogP contribution is -2.17. The van der Waals surface area contributed by atoms with Gasteiger partial charge in [0.05, 0.1) is 29.3 Å². The highest BCUT2D eigenvalue weighted by Gasteiger charge is 2.20. The van der Waals surface area contributed by atoms with Crippen molar-refractivity contribution in [3.8, 4) is 17.6 Å². The van der Waals surface area contributed by atoms with Crippen LogP contribution in [0.5, 0.6) is 0 Å². The van der Waals surface area contributed by atoms with Gasteiger partial charge in [-0.3, -0.25) is 4.79 Å². The molecule has 0 unspecified atom stereocenters. The summed E-state index contributed by atoms with van der Waals surface area (Å²) < 4.78 is 3.11. The molecule has 0 aliphatic heterocycles. The standard InChI is InChI=1S/C20H15N7O/c1-14-17(13-24-26(14)16-7-3-2-4-8-16)20(28)25-19-15(11-21)12-23-27(19)18-9-5-6-10-22-18/h2-10,12-13H,1H3,(H,25,28). The van der Waals surface area contributed by atoms with Gasteiger partial charge in [-0.15, -0.1) is 0 Å². The number of carbonyl (C=O) groups is 1. The van der Waals surface area contributed by atoms with Crippen molar-refractivity contribution >= 4 is 11.7 Å². The number of nitriles is 1. The van der Waals surface area contributed by atoms with Gasteiger partial charge < -0.3 is 5.32 Å². The number of hydrogen-bond donors (Lipinski definition) is 1. The van der Waals surface area contributed by atoms with E-state index in [1.54, 1.807) is 29.1 Å². The maximum atomic E-state index is 12.9. The molecule has 136 valence electrons. The lowest BCUT2D eigenvalue weighted by Gasteiger charge is -2.09. The molecule has 0 fully saturated rings. The van der Waals surface area contributed by atoms with Gasteiger partial charge in [0.1, 0.15) is 11.6 Å². The van der Waals surface area contributed by atoms with Crippen LogP contribution in [0.1, 0.15) is 21.6 Å². The summed E-state index contributed by atoms with van der Waals surface area (Å²) in [7, 11) is 0. The van der Waals surface area contributed by atoms with E-state index in [0.29, 0.717) is 17.1 Å². The van der Waals surface area contributed by atoms with Crippen molar-refractivity contribution in [3.05, 3.63) is 83.9 Å². The summed E-state index contributed by atoms with van der Waals surface area (Å²) in [5, 5.41) is 20.6. The molecule has 28 heavy (non-hydrogen) atoms. The zero-order chi connectivity index (χ0) is 19.5. The minimum absolute atomic E-state index is 0.243. The number of nitrogens with one attached hydrogen (secondary N) is 1. The molecule has 0 saturated heterocycles. The highest BCUT2D eigenvalue weighted by molar-refractivity contribution is 6.05. The molecular formula is C20H15N7O. The molecule has 4 aromatic rings. The Labute approximate surface area is 160 Å². The van der Waals surface area contributed by atoms with E-state index < -0.39 is 0 Å². The number of rotatable bonds is 4. The van der Waals surface area contributed by atoms with E-state index in [2.05, 4.69) is 20.5 Å². The third kappa shape index (κ3) is 3.01. The van der Waals surface area contributed by atoms with E-state index in [9.17, 15) is 10.1 Å². The zero-order valence-electron chi connectivity index (χ0n) is 14.9. The molecular weight excluding hydrogens is 354 g/mol. The summed E-state index contributed by atoms with van der Waals surface area (Å²) in [5.74, 6) is 0.378. The fourth-order valence-corrected chi connectivity index (χ4v) is 2.84. The molecule has 1 aromatic carbocycles. The summed E-state index contributed by atoms with van der Waals surface area (Å²) in [6.45, 7) is 1.82. The molecule has 3 aromatic heterocycles. The normalized spacial score (nSPS) is 10.4. The monoisotopic (exact) mass is 369 g/mol. The average Bonchev–Trinajstić information content (AvgIpc) is 3.32. The quantitative estimate of drug-likeness (QED) is 0.596. The van der Waals surface area contributed by atoms with Crippen LogP contribution in [0.4, 0.5) is 5.82 Å². The lowest BCUT2D eigenvalue weighted by molar-refractivity contribution is 0.102. The Morgan fingerprint density at radius 1 is 1.04 bits per heavy atom. The molecule has 1 N–H and O–H groups in total. The average molecular weight is 369 g/mol. The number of para-hydroxylation sites is 1. The van der Waals surface area contributed by atoms with Gasteiger partial charge in [-0.25, -0.2) is 9.67 Å². The molecule has 8 heteroatoms. The third-order valence-corrected chi connectivity index (χ3v) is 4.24. The van der Waals surface area contributed by atoms with Gasteiger partial charge in [0, 0.05) is 6.20 Å². The van der Waals surface area contributed by atoms with Crippen molar-refractivity contribution in [1.29, 1.82) is 5.26 Å². The van der Waals surface area contributed by atoms with Gasteiger partial charge in [-0.2, -0.15) is 20.1 Å². The van der Waals surface area contributed by atoms with Crippen LogP contribution in [0, 0.1) is 18.3 Å². The Kier molecular flexibility index (Phi) is 4.40. The molecule has 8 nitrogen and oxygen atoms in total. The maximum absolute atomic E-state index is 12.9. The van der Waals surface area contributed by atoms with E-state index in [0.717, 1.165) is 5.69 Å². The van der Waals surface area contributed by atoms with E-state index in [4.69, 9.17) is 0 Å². The molecule has 1 amide bonds. The first-order chi connectivity index (χ1) is 13.7.